The minimum Gasteiger partial charge on any atom is -0.0828 e. The summed E-state index contributed by atoms with van der Waals surface area (Å²) in [5.74, 6) is 0. The fourth-order valence-corrected chi connectivity index (χ4v) is 2.23. The number of hydrogen-bond acceptors (Lipinski definition) is 0. The molecule has 0 aromatic heterocycles. The Balaban J connectivity index is 3.31. The van der Waals surface area contributed by atoms with Gasteiger partial charge in [-0.2, -0.15) is 0 Å². The molecule has 10 heavy (non-hydrogen) atoms. The molecule has 0 heterocycles. The van der Waals surface area contributed by atoms with Gasteiger partial charge in [-0.3, -0.25) is 0 Å². The molecule has 0 aliphatic rings. The summed E-state index contributed by atoms with van der Waals surface area (Å²) in [6, 6.07) is 3.91. The van der Waals surface area contributed by atoms with Gasteiger partial charge >= 0.3 is 0 Å². The summed E-state index contributed by atoms with van der Waals surface area (Å²) in [6.45, 7) is 1.97. The lowest BCUT2D eigenvalue weighted by molar-refractivity contribution is 1.43. The first kappa shape index (κ1) is 8.57. The average molecular weight is 284 g/mol. The normalized spacial score (nSPS) is 10.0. The lowest BCUT2D eigenvalue weighted by Gasteiger charge is -2.00. The largest absolute Gasteiger partial charge is 0.0828 e. The first-order chi connectivity index (χ1) is 4.61. The van der Waals surface area contributed by atoms with Crippen molar-refractivity contribution in [2.75, 3.05) is 0 Å². The molecular weight excluding hydrogens is 279 g/mol. The third-order valence-corrected chi connectivity index (χ3v) is 2.99. The number of halogens is 3. The van der Waals surface area contributed by atoms with E-state index >= 15 is 0 Å². The third kappa shape index (κ3) is 1.74. The van der Waals surface area contributed by atoms with Crippen molar-refractivity contribution in [3.63, 3.8) is 0 Å². The van der Waals surface area contributed by atoms with E-state index in [1.165, 1.54) is 0 Å². The predicted octanol–water partition coefficient (Wildman–Crippen LogP) is 4.17. The maximum atomic E-state index is 5.88. The van der Waals surface area contributed by atoms with E-state index in [-0.39, 0.29) is 0 Å². The molecule has 0 spiro atoms. The van der Waals surface area contributed by atoms with Crippen molar-refractivity contribution in [3.8, 4) is 0 Å². The summed E-state index contributed by atoms with van der Waals surface area (Å²) in [4.78, 5) is 0. The van der Waals surface area contributed by atoms with E-state index in [0.717, 1.165) is 19.5 Å². The van der Waals surface area contributed by atoms with Crippen LogP contribution in [0.4, 0.5) is 0 Å². The van der Waals surface area contributed by atoms with Crippen molar-refractivity contribution < 1.29 is 0 Å². The Bertz CT molecular complexity index is 235. The van der Waals surface area contributed by atoms with Crippen LogP contribution in [0.25, 0.3) is 0 Å². The highest BCUT2D eigenvalue weighted by atomic mass is 79.9. The second-order valence-electron chi connectivity index (χ2n) is 2.02. The summed E-state index contributed by atoms with van der Waals surface area (Å²) in [5, 5.41) is 0.781. The number of rotatable bonds is 0. The SMILES string of the molecule is Cc1cc(Br)cc(Br)c1Cl. The zero-order valence-corrected chi connectivity index (χ0v) is 9.22. The summed E-state index contributed by atoms with van der Waals surface area (Å²) >= 11 is 12.6. The molecule has 0 atom stereocenters. The zero-order valence-electron chi connectivity index (χ0n) is 5.29. The summed E-state index contributed by atoms with van der Waals surface area (Å²) in [7, 11) is 0. The highest BCUT2D eigenvalue weighted by Crippen LogP contribution is 2.29. The Kier molecular flexibility index (Phi) is 2.78. The van der Waals surface area contributed by atoms with E-state index in [2.05, 4.69) is 31.9 Å². The van der Waals surface area contributed by atoms with E-state index in [1.807, 2.05) is 19.1 Å². The Hall–Kier alpha value is 0.470. The van der Waals surface area contributed by atoms with Gasteiger partial charge in [-0.15, -0.1) is 0 Å². The van der Waals surface area contributed by atoms with Gasteiger partial charge < -0.3 is 0 Å². The lowest BCUT2D eigenvalue weighted by Crippen LogP contribution is -1.76. The van der Waals surface area contributed by atoms with Gasteiger partial charge in [0.1, 0.15) is 0 Å². The van der Waals surface area contributed by atoms with Crippen LogP contribution >= 0.6 is 43.5 Å². The molecule has 0 unspecified atom stereocenters. The average Bonchev–Trinajstić information content (AvgIpc) is 1.82. The first-order valence-corrected chi connectivity index (χ1v) is 4.69. The molecule has 0 bridgehead atoms. The van der Waals surface area contributed by atoms with Crippen LogP contribution < -0.4 is 0 Å². The van der Waals surface area contributed by atoms with Gasteiger partial charge in [0.2, 0.25) is 0 Å². The molecule has 3 heteroatoms. The standard InChI is InChI=1S/C7H5Br2Cl/c1-4-2-5(8)3-6(9)7(4)10/h2-3H,1H3. The molecular formula is C7H5Br2Cl. The number of hydrogen-bond donors (Lipinski definition) is 0. The van der Waals surface area contributed by atoms with E-state index < -0.39 is 0 Å². The Labute approximate surface area is 81.8 Å². The zero-order chi connectivity index (χ0) is 7.72. The number of benzene rings is 1. The van der Waals surface area contributed by atoms with Crippen molar-refractivity contribution in [1.29, 1.82) is 0 Å². The first-order valence-electron chi connectivity index (χ1n) is 2.72. The van der Waals surface area contributed by atoms with E-state index in [4.69, 9.17) is 11.6 Å². The fourth-order valence-electron chi connectivity index (χ4n) is 0.685. The molecule has 0 amide bonds. The molecule has 0 saturated heterocycles. The maximum absolute atomic E-state index is 5.88. The van der Waals surface area contributed by atoms with Crippen LogP contribution in [-0.4, -0.2) is 0 Å². The van der Waals surface area contributed by atoms with Crippen LogP contribution in [-0.2, 0) is 0 Å². The minimum atomic E-state index is 0.781. The molecule has 1 aromatic carbocycles. The molecule has 0 nitrogen and oxygen atoms in total. The number of aryl methyl sites for hydroxylation is 1. The molecule has 0 fully saturated rings. The molecule has 0 radical (unpaired) electrons. The highest BCUT2D eigenvalue weighted by Gasteiger charge is 2.00. The van der Waals surface area contributed by atoms with Gasteiger partial charge in [-0.25, -0.2) is 0 Å². The van der Waals surface area contributed by atoms with Crippen molar-refractivity contribution in [3.05, 3.63) is 31.7 Å². The van der Waals surface area contributed by atoms with Crippen molar-refractivity contribution in [1.82, 2.24) is 0 Å². The van der Waals surface area contributed by atoms with E-state index in [0.29, 0.717) is 0 Å². The van der Waals surface area contributed by atoms with Gasteiger partial charge in [-0.05, 0) is 40.5 Å². The summed E-state index contributed by atoms with van der Waals surface area (Å²) < 4.78 is 1.97. The topological polar surface area (TPSA) is 0 Å². The monoisotopic (exact) mass is 282 g/mol. The van der Waals surface area contributed by atoms with Crippen LogP contribution in [0.5, 0.6) is 0 Å². The molecule has 54 valence electrons. The minimum absolute atomic E-state index is 0.781. The van der Waals surface area contributed by atoms with Crippen molar-refractivity contribution >= 4 is 43.5 Å². The molecule has 0 N–H and O–H groups in total. The van der Waals surface area contributed by atoms with Gasteiger partial charge in [-0.1, -0.05) is 27.5 Å². The fraction of sp³-hybridized carbons (Fsp3) is 0.143. The van der Waals surface area contributed by atoms with Gasteiger partial charge in [0.15, 0.2) is 0 Å². The van der Waals surface area contributed by atoms with Gasteiger partial charge in [0, 0.05) is 8.95 Å². The second kappa shape index (κ2) is 3.24. The molecule has 0 aliphatic heterocycles. The Morgan fingerprint density at radius 1 is 1.30 bits per heavy atom. The summed E-state index contributed by atoms with van der Waals surface area (Å²) in [6.07, 6.45) is 0. The quantitative estimate of drug-likeness (QED) is 0.627. The van der Waals surface area contributed by atoms with Crippen molar-refractivity contribution in [2.45, 2.75) is 6.92 Å². The van der Waals surface area contributed by atoms with E-state index in [1.54, 1.807) is 0 Å². The molecule has 0 aliphatic carbocycles. The van der Waals surface area contributed by atoms with E-state index in [9.17, 15) is 0 Å². The maximum Gasteiger partial charge on any atom is 0.0578 e. The predicted molar refractivity (Wildman–Crippen MR) is 51.6 cm³/mol. The Morgan fingerprint density at radius 2 is 1.90 bits per heavy atom. The van der Waals surface area contributed by atoms with Crippen LogP contribution in [0.3, 0.4) is 0 Å². The lowest BCUT2D eigenvalue weighted by atomic mass is 10.2. The van der Waals surface area contributed by atoms with Crippen molar-refractivity contribution in [2.24, 2.45) is 0 Å². The Morgan fingerprint density at radius 3 is 2.40 bits per heavy atom. The van der Waals surface area contributed by atoms with Gasteiger partial charge in [0.25, 0.3) is 0 Å². The van der Waals surface area contributed by atoms with Crippen LogP contribution in [0, 0.1) is 6.92 Å². The molecule has 0 saturated carbocycles. The second-order valence-corrected chi connectivity index (χ2v) is 4.17. The summed E-state index contributed by atoms with van der Waals surface area (Å²) in [5.41, 5.74) is 1.07. The molecule has 1 rings (SSSR count). The van der Waals surface area contributed by atoms with Crippen LogP contribution in [0.15, 0.2) is 21.1 Å². The smallest absolute Gasteiger partial charge is 0.0578 e. The highest BCUT2D eigenvalue weighted by molar-refractivity contribution is 9.11. The van der Waals surface area contributed by atoms with Crippen LogP contribution in [0.2, 0.25) is 5.02 Å². The van der Waals surface area contributed by atoms with Crippen LogP contribution in [0.1, 0.15) is 5.56 Å². The van der Waals surface area contributed by atoms with Gasteiger partial charge in [0.05, 0.1) is 5.02 Å². The molecule has 1 aromatic rings. The third-order valence-electron chi connectivity index (χ3n) is 1.17.